The molecule has 0 saturated carbocycles. The molecule has 0 unspecified atom stereocenters. The molecule has 0 spiro atoms. The fraction of sp³-hybridized carbons (Fsp3) is 0.417. The van der Waals surface area contributed by atoms with Gasteiger partial charge in [0.15, 0.2) is 0 Å². The van der Waals surface area contributed by atoms with E-state index in [0.717, 1.165) is 5.75 Å². The second kappa shape index (κ2) is 5.81. The molecule has 0 saturated heterocycles. The van der Waals surface area contributed by atoms with Gasteiger partial charge in [-0.1, -0.05) is 23.8 Å². The predicted molar refractivity (Wildman–Crippen MR) is 64.3 cm³/mol. The van der Waals surface area contributed by atoms with E-state index in [4.69, 9.17) is 5.11 Å². The number of carbonyl (C=O) groups is 1. The third-order valence-electron chi connectivity index (χ3n) is 2.22. The normalized spacial score (nSPS) is 10.3. The lowest BCUT2D eigenvalue weighted by molar-refractivity contribution is -0.136. The van der Waals surface area contributed by atoms with Crippen LogP contribution < -0.4 is 0 Å². The fourth-order valence-electron chi connectivity index (χ4n) is 1.30. The van der Waals surface area contributed by atoms with Crippen LogP contribution in [0, 0.1) is 13.8 Å². The molecule has 0 aliphatic rings. The summed E-state index contributed by atoms with van der Waals surface area (Å²) in [7, 11) is 0. The van der Waals surface area contributed by atoms with Gasteiger partial charge in [0.05, 0.1) is 6.42 Å². The first-order valence-corrected chi connectivity index (χ1v) is 6.10. The van der Waals surface area contributed by atoms with Gasteiger partial charge in [-0.2, -0.15) is 11.8 Å². The average Bonchev–Trinajstić information content (AvgIpc) is 2.17. The van der Waals surface area contributed by atoms with E-state index >= 15 is 0 Å². The molecule has 0 fully saturated rings. The Bertz CT molecular complexity index is 347. The molecular formula is C12H16O2S. The molecule has 0 radical (unpaired) electrons. The van der Waals surface area contributed by atoms with Crippen molar-refractivity contribution in [3.8, 4) is 0 Å². The Morgan fingerprint density at radius 1 is 1.40 bits per heavy atom. The number of carboxylic acids is 1. The number of rotatable bonds is 5. The van der Waals surface area contributed by atoms with Crippen molar-refractivity contribution in [2.24, 2.45) is 0 Å². The molecule has 82 valence electrons. The Balaban J connectivity index is 2.43. The minimum Gasteiger partial charge on any atom is -0.481 e. The number of hydrogen-bond acceptors (Lipinski definition) is 2. The number of hydrogen-bond donors (Lipinski definition) is 1. The highest BCUT2D eigenvalue weighted by atomic mass is 32.2. The highest BCUT2D eigenvalue weighted by Gasteiger charge is 2.01. The van der Waals surface area contributed by atoms with Gasteiger partial charge < -0.3 is 5.11 Å². The maximum absolute atomic E-state index is 10.3. The van der Waals surface area contributed by atoms with E-state index in [1.807, 2.05) is 0 Å². The van der Waals surface area contributed by atoms with Crippen LogP contribution in [-0.4, -0.2) is 16.8 Å². The zero-order valence-corrected chi connectivity index (χ0v) is 9.93. The van der Waals surface area contributed by atoms with Gasteiger partial charge in [-0.05, 0) is 25.0 Å². The fourth-order valence-corrected chi connectivity index (χ4v) is 2.29. The Hall–Kier alpha value is -0.960. The molecule has 0 aromatic heterocycles. The Kier molecular flexibility index (Phi) is 4.69. The van der Waals surface area contributed by atoms with Crippen molar-refractivity contribution >= 4 is 17.7 Å². The van der Waals surface area contributed by atoms with Crippen molar-refractivity contribution in [3.05, 3.63) is 34.9 Å². The van der Waals surface area contributed by atoms with Gasteiger partial charge in [0.2, 0.25) is 0 Å². The summed E-state index contributed by atoms with van der Waals surface area (Å²) >= 11 is 1.68. The SMILES string of the molecule is Cc1ccc(C)c(CSCCC(=O)O)c1. The molecule has 0 amide bonds. The van der Waals surface area contributed by atoms with Crippen LogP contribution in [0.5, 0.6) is 0 Å². The first-order chi connectivity index (χ1) is 7.09. The molecule has 0 bridgehead atoms. The number of benzene rings is 1. The summed E-state index contributed by atoms with van der Waals surface area (Å²) in [6.07, 6.45) is 0.246. The standard InChI is InChI=1S/C12H16O2S/c1-9-3-4-10(2)11(7-9)8-15-6-5-12(13)14/h3-4,7H,5-6,8H2,1-2H3,(H,13,14). The summed E-state index contributed by atoms with van der Waals surface area (Å²) in [6, 6.07) is 6.38. The molecule has 0 atom stereocenters. The van der Waals surface area contributed by atoms with Crippen LogP contribution in [0.1, 0.15) is 23.1 Å². The van der Waals surface area contributed by atoms with Gasteiger partial charge in [0, 0.05) is 11.5 Å². The highest BCUT2D eigenvalue weighted by molar-refractivity contribution is 7.98. The van der Waals surface area contributed by atoms with Gasteiger partial charge >= 0.3 is 5.97 Å². The van der Waals surface area contributed by atoms with E-state index < -0.39 is 5.97 Å². The molecule has 1 rings (SSSR count). The maximum atomic E-state index is 10.3. The second-order valence-corrected chi connectivity index (χ2v) is 4.73. The van der Waals surface area contributed by atoms with E-state index in [1.165, 1.54) is 16.7 Å². The van der Waals surface area contributed by atoms with E-state index in [-0.39, 0.29) is 6.42 Å². The summed E-state index contributed by atoms with van der Waals surface area (Å²) in [4.78, 5) is 10.3. The summed E-state index contributed by atoms with van der Waals surface area (Å²) in [6.45, 7) is 4.16. The van der Waals surface area contributed by atoms with Crippen molar-refractivity contribution in [2.45, 2.75) is 26.0 Å². The number of aryl methyl sites for hydroxylation is 2. The molecule has 0 aliphatic heterocycles. The van der Waals surface area contributed by atoms with Crippen LogP contribution in [0.4, 0.5) is 0 Å². The molecule has 0 heterocycles. The summed E-state index contributed by atoms with van der Waals surface area (Å²) < 4.78 is 0. The zero-order chi connectivity index (χ0) is 11.3. The van der Waals surface area contributed by atoms with Crippen LogP contribution >= 0.6 is 11.8 Å². The van der Waals surface area contributed by atoms with Crippen molar-refractivity contribution in [3.63, 3.8) is 0 Å². The lowest BCUT2D eigenvalue weighted by atomic mass is 10.1. The van der Waals surface area contributed by atoms with Gasteiger partial charge in [-0.15, -0.1) is 0 Å². The molecule has 1 aromatic rings. The molecule has 15 heavy (non-hydrogen) atoms. The van der Waals surface area contributed by atoms with Crippen LogP contribution in [0.15, 0.2) is 18.2 Å². The van der Waals surface area contributed by atoms with Gasteiger partial charge in [0.1, 0.15) is 0 Å². The first-order valence-electron chi connectivity index (χ1n) is 4.95. The lowest BCUT2D eigenvalue weighted by Crippen LogP contribution is -1.96. The van der Waals surface area contributed by atoms with Crippen molar-refractivity contribution in [1.29, 1.82) is 0 Å². The molecule has 0 aliphatic carbocycles. The monoisotopic (exact) mass is 224 g/mol. The predicted octanol–water partition coefficient (Wildman–Crippen LogP) is 3.01. The topological polar surface area (TPSA) is 37.3 Å². The van der Waals surface area contributed by atoms with Crippen molar-refractivity contribution in [1.82, 2.24) is 0 Å². The first kappa shape index (κ1) is 12.1. The van der Waals surface area contributed by atoms with Crippen LogP contribution in [0.25, 0.3) is 0 Å². The molecule has 2 nitrogen and oxygen atoms in total. The maximum Gasteiger partial charge on any atom is 0.304 e. The Morgan fingerprint density at radius 2 is 2.13 bits per heavy atom. The summed E-state index contributed by atoms with van der Waals surface area (Å²) in [5.41, 5.74) is 3.85. The summed E-state index contributed by atoms with van der Waals surface area (Å²) in [5.74, 6) is 0.868. The van der Waals surface area contributed by atoms with E-state index in [0.29, 0.717) is 5.75 Å². The molecule has 1 N–H and O–H groups in total. The highest BCUT2D eigenvalue weighted by Crippen LogP contribution is 2.18. The average molecular weight is 224 g/mol. The Labute approximate surface area is 94.7 Å². The zero-order valence-electron chi connectivity index (χ0n) is 9.12. The third-order valence-corrected chi connectivity index (χ3v) is 3.23. The van der Waals surface area contributed by atoms with Crippen LogP contribution in [0.3, 0.4) is 0 Å². The second-order valence-electron chi connectivity index (χ2n) is 3.63. The number of aliphatic carboxylic acids is 1. The van der Waals surface area contributed by atoms with Crippen LogP contribution in [-0.2, 0) is 10.5 Å². The van der Waals surface area contributed by atoms with Crippen molar-refractivity contribution in [2.75, 3.05) is 5.75 Å². The van der Waals surface area contributed by atoms with Crippen LogP contribution in [0.2, 0.25) is 0 Å². The minimum atomic E-state index is -0.719. The molecule has 1 aromatic carbocycles. The molecule has 3 heteroatoms. The third kappa shape index (κ3) is 4.38. The van der Waals surface area contributed by atoms with E-state index in [9.17, 15) is 4.79 Å². The lowest BCUT2D eigenvalue weighted by Gasteiger charge is -2.06. The van der Waals surface area contributed by atoms with Gasteiger partial charge in [-0.25, -0.2) is 0 Å². The number of carboxylic acid groups (broad SMARTS) is 1. The summed E-state index contributed by atoms with van der Waals surface area (Å²) in [5, 5.41) is 8.50. The quantitative estimate of drug-likeness (QED) is 0.781. The van der Waals surface area contributed by atoms with Gasteiger partial charge in [-0.3, -0.25) is 4.79 Å². The number of thioether (sulfide) groups is 1. The van der Waals surface area contributed by atoms with E-state index in [1.54, 1.807) is 11.8 Å². The van der Waals surface area contributed by atoms with Crippen molar-refractivity contribution < 1.29 is 9.90 Å². The Morgan fingerprint density at radius 3 is 2.80 bits per heavy atom. The largest absolute Gasteiger partial charge is 0.481 e. The van der Waals surface area contributed by atoms with E-state index in [2.05, 4.69) is 32.0 Å². The molecular weight excluding hydrogens is 208 g/mol. The minimum absolute atomic E-state index is 0.246. The van der Waals surface area contributed by atoms with Gasteiger partial charge in [0.25, 0.3) is 0 Å². The smallest absolute Gasteiger partial charge is 0.304 e.